The molecule has 0 amide bonds. The molecular formula is C17H27NO5. The summed E-state index contributed by atoms with van der Waals surface area (Å²) >= 11 is 0. The largest absolute Gasteiger partial charge is 0.478 e. The highest BCUT2D eigenvalue weighted by Crippen LogP contribution is 2.13. The maximum atomic E-state index is 10.8. The van der Waals surface area contributed by atoms with Crippen LogP contribution in [-0.4, -0.2) is 63.2 Å². The fraction of sp³-hybridized carbons (Fsp3) is 0.588. The van der Waals surface area contributed by atoms with Gasteiger partial charge in [-0.15, -0.1) is 0 Å². The number of benzene rings is 1. The summed E-state index contributed by atoms with van der Waals surface area (Å²) in [7, 11) is 1.81. The zero-order chi connectivity index (χ0) is 17.6. The van der Waals surface area contributed by atoms with Crippen LogP contribution < -0.4 is 0 Å². The summed E-state index contributed by atoms with van der Waals surface area (Å²) in [6, 6.07) is 6.53. The van der Waals surface area contributed by atoms with Gasteiger partial charge in [-0.05, 0) is 30.7 Å². The Hall–Kier alpha value is -1.47. The van der Waals surface area contributed by atoms with Gasteiger partial charge in [0.05, 0.1) is 23.9 Å². The molecule has 6 nitrogen and oxygen atoms in total. The molecule has 0 aromatic heterocycles. The molecule has 0 bridgehead atoms. The smallest absolute Gasteiger partial charge is 0.335 e. The van der Waals surface area contributed by atoms with E-state index in [0.717, 1.165) is 5.56 Å². The van der Waals surface area contributed by atoms with E-state index < -0.39 is 24.3 Å². The maximum absolute atomic E-state index is 10.8. The predicted octanol–water partition coefficient (Wildman–Crippen LogP) is 0.945. The number of carboxylic acid groups (broad SMARTS) is 1. The summed E-state index contributed by atoms with van der Waals surface area (Å²) in [4.78, 5) is 12.6. The average molecular weight is 325 g/mol. The van der Waals surface area contributed by atoms with Crippen LogP contribution in [0, 0.1) is 5.92 Å². The average Bonchev–Trinajstić information content (AvgIpc) is 2.47. The molecule has 0 heterocycles. The third-order valence-electron chi connectivity index (χ3n) is 3.85. The lowest BCUT2D eigenvalue weighted by Gasteiger charge is -2.26. The van der Waals surface area contributed by atoms with E-state index in [0.29, 0.717) is 6.54 Å². The summed E-state index contributed by atoms with van der Waals surface area (Å²) < 4.78 is 0. The molecule has 0 fully saturated rings. The standard InChI is InChI=1S/C17H27NO5/c1-11(2)14(19)8-15(20)16(21)10-18(3)9-12-4-6-13(7-5-12)17(22)23/h4-7,11,14-16,19-21H,8-10H2,1-3H3,(H,22,23)/t14?,15-,16?/m0/s1. The van der Waals surface area contributed by atoms with E-state index in [-0.39, 0.29) is 24.4 Å². The van der Waals surface area contributed by atoms with Crippen LogP contribution >= 0.6 is 0 Å². The van der Waals surface area contributed by atoms with Gasteiger partial charge < -0.3 is 20.4 Å². The Morgan fingerprint density at radius 3 is 2.09 bits per heavy atom. The Balaban J connectivity index is 2.48. The maximum Gasteiger partial charge on any atom is 0.335 e. The van der Waals surface area contributed by atoms with E-state index in [1.54, 1.807) is 19.2 Å². The highest BCUT2D eigenvalue weighted by atomic mass is 16.4. The fourth-order valence-corrected chi connectivity index (χ4v) is 2.25. The van der Waals surface area contributed by atoms with Gasteiger partial charge in [0.2, 0.25) is 0 Å². The monoisotopic (exact) mass is 325 g/mol. The second kappa shape index (κ2) is 8.98. The molecule has 3 atom stereocenters. The Morgan fingerprint density at radius 1 is 1.04 bits per heavy atom. The first-order chi connectivity index (χ1) is 10.7. The van der Waals surface area contributed by atoms with Gasteiger partial charge >= 0.3 is 5.97 Å². The summed E-state index contributed by atoms with van der Waals surface area (Å²) in [5.74, 6) is -0.936. The number of aromatic carboxylic acids is 1. The topological polar surface area (TPSA) is 101 Å². The SMILES string of the molecule is CC(C)C(O)C[C@H](O)C(O)CN(C)Cc1ccc(C(=O)O)cc1. The van der Waals surface area contributed by atoms with Crippen molar-refractivity contribution in [2.24, 2.45) is 5.92 Å². The normalized spacial score (nSPS) is 15.7. The lowest BCUT2D eigenvalue weighted by molar-refractivity contribution is -0.0326. The molecule has 23 heavy (non-hydrogen) atoms. The van der Waals surface area contributed by atoms with Crippen LogP contribution in [0.1, 0.15) is 36.2 Å². The van der Waals surface area contributed by atoms with Crippen molar-refractivity contribution >= 4 is 5.97 Å². The minimum Gasteiger partial charge on any atom is -0.478 e. The van der Waals surface area contributed by atoms with E-state index in [1.165, 1.54) is 12.1 Å². The number of aliphatic hydroxyl groups excluding tert-OH is 3. The van der Waals surface area contributed by atoms with Gasteiger partial charge in [0.1, 0.15) is 0 Å². The molecule has 1 rings (SSSR count). The van der Waals surface area contributed by atoms with Gasteiger partial charge in [-0.2, -0.15) is 0 Å². The molecule has 1 aromatic carbocycles. The minimum atomic E-state index is -0.982. The Bertz CT molecular complexity index is 488. The van der Waals surface area contributed by atoms with Crippen molar-refractivity contribution in [2.75, 3.05) is 13.6 Å². The lowest BCUT2D eigenvalue weighted by Crippen LogP contribution is -2.39. The summed E-state index contributed by atoms with van der Waals surface area (Å²) in [5.41, 5.74) is 1.15. The number of hydrogen-bond donors (Lipinski definition) is 4. The second-order valence-corrected chi connectivity index (χ2v) is 6.38. The third kappa shape index (κ3) is 6.66. The van der Waals surface area contributed by atoms with Crippen LogP contribution in [0.4, 0.5) is 0 Å². The molecule has 0 aliphatic carbocycles. The zero-order valence-electron chi connectivity index (χ0n) is 13.9. The van der Waals surface area contributed by atoms with E-state index >= 15 is 0 Å². The van der Waals surface area contributed by atoms with Crippen molar-refractivity contribution < 1.29 is 25.2 Å². The first-order valence-corrected chi connectivity index (χ1v) is 7.75. The van der Waals surface area contributed by atoms with Crippen LogP contribution in [-0.2, 0) is 6.54 Å². The lowest BCUT2D eigenvalue weighted by atomic mass is 9.98. The van der Waals surface area contributed by atoms with Crippen molar-refractivity contribution in [2.45, 2.75) is 45.1 Å². The van der Waals surface area contributed by atoms with Gasteiger partial charge in [0.25, 0.3) is 0 Å². The molecule has 2 unspecified atom stereocenters. The van der Waals surface area contributed by atoms with Crippen molar-refractivity contribution in [3.05, 3.63) is 35.4 Å². The second-order valence-electron chi connectivity index (χ2n) is 6.38. The summed E-state index contributed by atoms with van der Waals surface area (Å²) in [5, 5.41) is 38.6. The minimum absolute atomic E-state index is 0.0299. The number of aliphatic hydroxyl groups is 3. The molecule has 130 valence electrons. The van der Waals surface area contributed by atoms with Crippen LogP contribution in [0.3, 0.4) is 0 Å². The van der Waals surface area contributed by atoms with Gasteiger partial charge in [-0.3, -0.25) is 4.90 Å². The molecule has 1 aromatic rings. The van der Waals surface area contributed by atoms with E-state index in [1.807, 2.05) is 18.7 Å². The molecular weight excluding hydrogens is 298 g/mol. The Kier molecular flexibility index (Phi) is 7.64. The van der Waals surface area contributed by atoms with Crippen LogP contribution in [0.2, 0.25) is 0 Å². The van der Waals surface area contributed by atoms with E-state index in [9.17, 15) is 20.1 Å². The summed E-state index contributed by atoms with van der Waals surface area (Å²) in [6.45, 7) is 4.50. The number of nitrogens with zero attached hydrogens (tertiary/aromatic N) is 1. The summed E-state index contributed by atoms with van der Waals surface area (Å²) in [6.07, 6.45) is -2.44. The molecule has 0 radical (unpaired) electrons. The van der Waals surface area contributed by atoms with Crippen molar-refractivity contribution in [3.8, 4) is 0 Å². The number of carboxylic acids is 1. The van der Waals surface area contributed by atoms with Gasteiger partial charge in [-0.1, -0.05) is 26.0 Å². The quantitative estimate of drug-likeness (QED) is 0.539. The fourth-order valence-electron chi connectivity index (χ4n) is 2.25. The highest BCUT2D eigenvalue weighted by Gasteiger charge is 2.22. The Labute approximate surface area is 137 Å². The molecule has 0 saturated heterocycles. The number of rotatable bonds is 9. The van der Waals surface area contributed by atoms with Gasteiger partial charge in [0.15, 0.2) is 0 Å². The van der Waals surface area contributed by atoms with Gasteiger partial charge in [0, 0.05) is 19.5 Å². The third-order valence-corrected chi connectivity index (χ3v) is 3.85. The van der Waals surface area contributed by atoms with Crippen LogP contribution in [0.5, 0.6) is 0 Å². The Morgan fingerprint density at radius 2 is 1.61 bits per heavy atom. The van der Waals surface area contributed by atoms with Crippen molar-refractivity contribution in [1.82, 2.24) is 4.90 Å². The molecule has 0 saturated carbocycles. The van der Waals surface area contributed by atoms with Gasteiger partial charge in [-0.25, -0.2) is 4.79 Å². The van der Waals surface area contributed by atoms with E-state index in [4.69, 9.17) is 5.11 Å². The number of hydrogen-bond acceptors (Lipinski definition) is 5. The number of likely N-dealkylation sites (N-methyl/N-ethyl adjacent to an activating group) is 1. The van der Waals surface area contributed by atoms with Crippen molar-refractivity contribution in [3.63, 3.8) is 0 Å². The zero-order valence-corrected chi connectivity index (χ0v) is 13.9. The predicted molar refractivity (Wildman–Crippen MR) is 87.2 cm³/mol. The first kappa shape index (κ1) is 19.6. The molecule has 0 spiro atoms. The van der Waals surface area contributed by atoms with Crippen molar-refractivity contribution in [1.29, 1.82) is 0 Å². The first-order valence-electron chi connectivity index (χ1n) is 7.75. The molecule has 0 aliphatic rings. The van der Waals surface area contributed by atoms with Crippen LogP contribution in [0.25, 0.3) is 0 Å². The molecule has 0 aliphatic heterocycles. The van der Waals surface area contributed by atoms with E-state index in [2.05, 4.69) is 0 Å². The molecule has 4 N–H and O–H groups in total. The van der Waals surface area contributed by atoms with Crippen LogP contribution in [0.15, 0.2) is 24.3 Å². The highest BCUT2D eigenvalue weighted by molar-refractivity contribution is 5.87. The molecule has 6 heteroatoms. The number of carbonyl (C=O) groups is 1.